The molecular weight excluding hydrogens is 522 g/mol. The highest BCUT2D eigenvalue weighted by atomic mass is 32.2. The van der Waals surface area contributed by atoms with Gasteiger partial charge in [-0.2, -0.15) is 0 Å². The molecule has 0 aromatic heterocycles. The maximum Gasteiger partial charge on any atom is 0.262 e. The zero-order valence-corrected chi connectivity index (χ0v) is 22.7. The fraction of sp³-hybridized carbons (Fsp3) is 0.107. The first-order valence-electron chi connectivity index (χ1n) is 11.6. The molecule has 0 fully saturated rings. The molecule has 4 aromatic rings. The zero-order chi connectivity index (χ0) is 27.5. The van der Waals surface area contributed by atoms with E-state index in [9.17, 15) is 21.6 Å². The fourth-order valence-electron chi connectivity index (χ4n) is 3.71. The molecule has 0 heterocycles. The van der Waals surface area contributed by atoms with E-state index in [1.807, 2.05) is 19.9 Å². The Bertz CT molecular complexity index is 1700. The molecule has 0 aliphatic rings. The fourth-order valence-corrected chi connectivity index (χ4v) is 6.09. The molecule has 38 heavy (non-hydrogen) atoms. The first-order valence-corrected chi connectivity index (χ1v) is 14.6. The molecule has 3 N–H and O–H groups in total. The number of rotatable bonds is 8. The maximum absolute atomic E-state index is 13.0. The lowest BCUT2D eigenvalue weighted by Crippen LogP contribution is -2.17. The topological polar surface area (TPSA) is 121 Å². The van der Waals surface area contributed by atoms with Crippen molar-refractivity contribution < 1.29 is 21.6 Å². The first kappa shape index (κ1) is 26.9. The van der Waals surface area contributed by atoms with Crippen LogP contribution in [0.1, 0.15) is 27.0 Å². The molecule has 10 heteroatoms. The Kier molecular flexibility index (Phi) is 7.56. The summed E-state index contributed by atoms with van der Waals surface area (Å²) in [7, 11) is -7.76. The second-order valence-electron chi connectivity index (χ2n) is 8.91. The quantitative estimate of drug-likeness (QED) is 0.269. The maximum atomic E-state index is 13.0. The van der Waals surface area contributed by atoms with E-state index in [1.165, 1.54) is 36.4 Å². The minimum absolute atomic E-state index is 0.0191. The Hall–Kier alpha value is -4.15. The number of hydrogen-bond donors (Lipinski definition) is 3. The van der Waals surface area contributed by atoms with Crippen molar-refractivity contribution in [1.29, 1.82) is 0 Å². The van der Waals surface area contributed by atoms with Gasteiger partial charge in [-0.15, -0.1) is 0 Å². The van der Waals surface area contributed by atoms with Crippen LogP contribution in [0.3, 0.4) is 0 Å². The van der Waals surface area contributed by atoms with Gasteiger partial charge in [-0.3, -0.25) is 14.2 Å². The minimum atomic E-state index is -3.94. The third-order valence-electron chi connectivity index (χ3n) is 5.74. The van der Waals surface area contributed by atoms with Crippen molar-refractivity contribution in [2.75, 3.05) is 14.8 Å². The van der Waals surface area contributed by atoms with Crippen molar-refractivity contribution in [3.8, 4) is 0 Å². The summed E-state index contributed by atoms with van der Waals surface area (Å²) >= 11 is 0. The SMILES string of the molecule is Cc1ccc(NS(=O)(=O)c2cc(C(=O)Nc3ccc(S(=O)(=O)Nc4cccc(C)c4)cc3)ccc2C)cc1. The number of anilines is 3. The van der Waals surface area contributed by atoms with Crippen LogP contribution in [-0.4, -0.2) is 22.7 Å². The third-order valence-corrected chi connectivity index (χ3v) is 8.66. The number of aryl methyl sites for hydroxylation is 3. The zero-order valence-electron chi connectivity index (χ0n) is 21.0. The molecule has 0 bridgehead atoms. The van der Waals surface area contributed by atoms with E-state index in [0.29, 0.717) is 22.6 Å². The van der Waals surface area contributed by atoms with Crippen LogP contribution in [0, 0.1) is 20.8 Å². The van der Waals surface area contributed by atoms with Crippen LogP contribution in [0.2, 0.25) is 0 Å². The lowest BCUT2D eigenvalue weighted by Gasteiger charge is -2.13. The molecule has 0 aliphatic carbocycles. The molecule has 0 saturated carbocycles. The highest BCUT2D eigenvalue weighted by Gasteiger charge is 2.20. The molecule has 196 valence electrons. The van der Waals surface area contributed by atoms with Crippen LogP contribution in [-0.2, 0) is 20.0 Å². The number of nitrogens with one attached hydrogen (secondary N) is 3. The van der Waals surface area contributed by atoms with Gasteiger partial charge in [0.25, 0.3) is 26.0 Å². The number of hydrogen-bond acceptors (Lipinski definition) is 5. The minimum Gasteiger partial charge on any atom is -0.322 e. The van der Waals surface area contributed by atoms with E-state index < -0.39 is 26.0 Å². The summed E-state index contributed by atoms with van der Waals surface area (Å²) in [5.41, 5.74) is 3.75. The molecule has 4 aromatic carbocycles. The lowest BCUT2D eigenvalue weighted by atomic mass is 10.1. The lowest BCUT2D eigenvalue weighted by molar-refractivity contribution is 0.102. The van der Waals surface area contributed by atoms with Gasteiger partial charge in [0.2, 0.25) is 0 Å². The Morgan fingerprint density at radius 1 is 0.605 bits per heavy atom. The van der Waals surface area contributed by atoms with Crippen LogP contribution in [0.15, 0.2) is 101 Å². The van der Waals surface area contributed by atoms with Gasteiger partial charge in [0, 0.05) is 22.6 Å². The van der Waals surface area contributed by atoms with Gasteiger partial charge in [0.05, 0.1) is 9.79 Å². The predicted octanol–water partition coefficient (Wildman–Crippen LogP) is 5.47. The van der Waals surface area contributed by atoms with Gasteiger partial charge >= 0.3 is 0 Å². The molecule has 1 amide bonds. The van der Waals surface area contributed by atoms with Crippen LogP contribution in [0.25, 0.3) is 0 Å². The number of carbonyl (C=O) groups is 1. The summed E-state index contributed by atoms with van der Waals surface area (Å²) < 4.78 is 56.5. The van der Waals surface area contributed by atoms with Crippen molar-refractivity contribution in [3.63, 3.8) is 0 Å². The Morgan fingerprint density at radius 2 is 1.24 bits per heavy atom. The average molecular weight is 550 g/mol. The van der Waals surface area contributed by atoms with Crippen molar-refractivity contribution in [3.05, 3.63) is 113 Å². The van der Waals surface area contributed by atoms with Gasteiger partial charge in [-0.05, 0) is 92.6 Å². The Balaban J connectivity index is 1.49. The Labute approximate surface area is 222 Å². The molecule has 0 aliphatic heterocycles. The number of benzene rings is 4. The third kappa shape index (κ3) is 6.39. The van der Waals surface area contributed by atoms with E-state index in [2.05, 4.69) is 14.8 Å². The van der Waals surface area contributed by atoms with Crippen LogP contribution in [0.5, 0.6) is 0 Å². The van der Waals surface area contributed by atoms with Crippen LogP contribution in [0.4, 0.5) is 17.1 Å². The molecule has 8 nitrogen and oxygen atoms in total. The van der Waals surface area contributed by atoms with E-state index in [-0.39, 0.29) is 15.4 Å². The monoisotopic (exact) mass is 549 g/mol. The van der Waals surface area contributed by atoms with E-state index in [0.717, 1.165) is 11.1 Å². The highest BCUT2D eigenvalue weighted by Crippen LogP contribution is 2.23. The second-order valence-corrected chi connectivity index (χ2v) is 12.2. The smallest absolute Gasteiger partial charge is 0.262 e. The summed E-state index contributed by atoms with van der Waals surface area (Å²) in [6, 6.07) is 24.0. The highest BCUT2D eigenvalue weighted by molar-refractivity contribution is 7.93. The molecule has 0 atom stereocenters. The number of sulfonamides is 2. The van der Waals surface area contributed by atoms with Crippen LogP contribution < -0.4 is 14.8 Å². The standard InChI is InChI=1S/C28H27N3O5S2/c1-19-7-11-24(12-8-19)30-38(35,36)27-18-22(10-9-21(27)3)28(32)29-23-13-15-26(16-14-23)37(33,34)31-25-6-4-5-20(2)17-25/h4-18,30-31H,1-3H3,(H,29,32). The summed E-state index contributed by atoms with van der Waals surface area (Å²) in [6.07, 6.45) is 0. The summed E-state index contributed by atoms with van der Waals surface area (Å²) in [4.78, 5) is 12.9. The van der Waals surface area contributed by atoms with E-state index in [4.69, 9.17) is 0 Å². The number of amides is 1. The summed E-state index contributed by atoms with van der Waals surface area (Å²) in [5.74, 6) is -0.537. The Morgan fingerprint density at radius 3 is 1.89 bits per heavy atom. The van der Waals surface area contributed by atoms with Crippen molar-refractivity contribution in [2.45, 2.75) is 30.6 Å². The van der Waals surface area contributed by atoms with Gasteiger partial charge in [-0.1, -0.05) is 35.9 Å². The van der Waals surface area contributed by atoms with Gasteiger partial charge < -0.3 is 5.32 Å². The normalized spacial score (nSPS) is 11.6. The second kappa shape index (κ2) is 10.7. The first-order chi connectivity index (χ1) is 17.9. The van der Waals surface area contributed by atoms with Crippen molar-refractivity contribution in [1.82, 2.24) is 0 Å². The summed E-state index contributed by atoms with van der Waals surface area (Å²) in [6.45, 7) is 5.41. The van der Waals surface area contributed by atoms with Gasteiger partial charge in [0.15, 0.2) is 0 Å². The predicted molar refractivity (Wildman–Crippen MR) is 150 cm³/mol. The number of carbonyl (C=O) groups excluding carboxylic acids is 1. The molecular formula is C28H27N3O5S2. The summed E-state index contributed by atoms with van der Waals surface area (Å²) in [5, 5.41) is 2.68. The molecule has 4 rings (SSSR count). The average Bonchev–Trinajstić information content (AvgIpc) is 2.85. The molecule has 0 radical (unpaired) electrons. The molecule has 0 spiro atoms. The molecule has 0 saturated heterocycles. The largest absolute Gasteiger partial charge is 0.322 e. The molecule has 0 unspecified atom stereocenters. The van der Waals surface area contributed by atoms with Crippen molar-refractivity contribution in [2.24, 2.45) is 0 Å². The van der Waals surface area contributed by atoms with Crippen LogP contribution >= 0.6 is 0 Å². The van der Waals surface area contributed by atoms with E-state index in [1.54, 1.807) is 55.5 Å². The van der Waals surface area contributed by atoms with Gasteiger partial charge in [0.1, 0.15) is 0 Å². The van der Waals surface area contributed by atoms with Gasteiger partial charge in [-0.25, -0.2) is 16.8 Å². The van der Waals surface area contributed by atoms with Crippen molar-refractivity contribution >= 4 is 43.0 Å². The van der Waals surface area contributed by atoms with E-state index >= 15 is 0 Å².